The van der Waals surface area contributed by atoms with Crippen LogP contribution in [0.1, 0.15) is 61.7 Å². The number of hydrogen-bond acceptors (Lipinski definition) is 4. The first-order valence-corrected chi connectivity index (χ1v) is 10.5. The average Bonchev–Trinajstić information content (AvgIpc) is 3.09. The van der Waals surface area contributed by atoms with Gasteiger partial charge in [0.2, 0.25) is 10.0 Å². The molecule has 6 nitrogen and oxygen atoms in total. The highest BCUT2D eigenvalue weighted by Gasteiger charge is 2.25. The number of carbonyl (C=O) groups is 1. The minimum absolute atomic E-state index is 0.00357. The van der Waals surface area contributed by atoms with Crippen LogP contribution < -0.4 is 10.0 Å². The van der Waals surface area contributed by atoms with Gasteiger partial charge < -0.3 is 10.4 Å². The molecule has 1 amide bonds. The molecular formula is C18H26N2O4S. The lowest BCUT2D eigenvalue weighted by Crippen LogP contribution is -2.38. The second kappa shape index (κ2) is 7.85. The van der Waals surface area contributed by atoms with Crippen molar-refractivity contribution < 1.29 is 18.3 Å². The first kappa shape index (κ1) is 18.4. The van der Waals surface area contributed by atoms with Crippen LogP contribution in [-0.2, 0) is 10.0 Å². The van der Waals surface area contributed by atoms with E-state index in [2.05, 4.69) is 10.0 Å². The van der Waals surface area contributed by atoms with Crippen molar-refractivity contribution in [1.29, 1.82) is 0 Å². The van der Waals surface area contributed by atoms with Gasteiger partial charge in [-0.3, -0.25) is 4.79 Å². The summed E-state index contributed by atoms with van der Waals surface area (Å²) in [5, 5.41) is 12.5. The Hall–Kier alpha value is -1.44. The fraction of sp³-hybridized carbons (Fsp3) is 0.611. The molecule has 0 saturated heterocycles. The predicted octanol–water partition coefficient (Wildman–Crippen LogP) is 1.94. The van der Waals surface area contributed by atoms with Crippen LogP contribution >= 0.6 is 0 Å². The third-order valence-electron chi connectivity index (χ3n) is 5.12. The van der Waals surface area contributed by atoms with Gasteiger partial charge in [0.05, 0.1) is 11.0 Å². The molecule has 3 rings (SSSR count). The first-order valence-electron chi connectivity index (χ1n) is 9.05. The summed E-state index contributed by atoms with van der Waals surface area (Å²) in [4.78, 5) is 12.6. The number of aliphatic hydroxyl groups excluding tert-OH is 1. The van der Waals surface area contributed by atoms with Crippen LogP contribution in [0.25, 0.3) is 0 Å². The summed E-state index contributed by atoms with van der Waals surface area (Å²) in [6, 6.07) is 6.21. The molecule has 138 valence electrons. The van der Waals surface area contributed by atoms with E-state index >= 15 is 0 Å². The molecule has 0 aromatic heterocycles. The van der Waals surface area contributed by atoms with Crippen molar-refractivity contribution in [1.82, 2.24) is 10.0 Å². The van der Waals surface area contributed by atoms with E-state index in [4.69, 9.17) is 0 Å². The van der Waals surface area contributed by atoms with Crippen LogP contribution in [0.3, 0.4) is 0 Å². The second-order valence-electron chi connectivity index (χ2n) is 7.11. The lowest BCUT2D eigenvalue weighted by molar-refractivity contribution is 0.0867. The molecule has 25 heavy (non-hydrogen) atoms. The highest BCUT2D eigenvalue weighted by molar-refractivity contribution is 7.89. The lowest BCUT2D eigenvalue weighted by atomic mass is 9.93. The molecule has 2 aliphatic carbocycles. The Balaban J connectivity index is 1.66. The average molecular weight is 366 g/mol. The van der Waals surface area contributed by atoms with Crippen molar-refractivity contribution in [2.75, 3.05) is 0 Å². The normalized spacial score (nSPS) is 25.0. The quantitative estimate of drug-likeness (QED) is 0.742. The molecule has 2 aliphatic rings. The summed E-state index contributed by atoms with van der Waals surface area (Å²) in [6.45, 7) is 0. The molecule has 7 heteroatoms. The van der Waals surface area contributed by atoms with Crippen molar-refractivity contribution in [3.8, 4) is 0 Å². The molecule has 0 heterocycles. The molecule has 1 aromatic carbocycles. The zero-order chi connectivity index (χ0) is 17.9. The highest BCUT2D eigenvalue weighted by atomic mass is 32.2. The van der Waals surface area contributed by atoms with Crippen molar-refractivity contribution in [2.45, 2.75) is 74.4 Å². The molecule has 0 aliphatic heterocycles. The fourth-order valence-corrected chi connectivity index (χ4v) is 4.97. The predicted molar refractivity (Wildman–Crippen MR) is 94.7 cm³/mol. The highest BCUT2D eigenvalue weighted by Crippen LogP contribution is 2.22. The Bertz CT molecular complexity index is 706. The minimum atomic E-state index is -3.60. The van der Waals surface area contributed by atoms with Crippen LogP contribution in [0.4, 0.5) is 0 Å². The SMILES string of the molecule is O=C(NC1CCC(O)CC1)c1cccc(S(=O)(=O)NC2CCCC2)c1. The molecule has 3 N–H and O–H groups in total. The lowest BCUT2D eigenvalue weighted by Gasteiger charge is -2.26. The number of sulfonamides is 1. The Kier molecular flexibility index (Phi) is 5.76. The molecule has 0 spiro atoms. The zero-order valence-corrected chi connectivity index (χ0v) is 15.1. The van der Waals surface area contributed by atoms with Gasteiger partial charge in [-0.15, -0.1) is 0 Å². The van der Waals surface area contributed by atoms with Gasteiger partial charge in [0.1, 0.15) is 0 Å². The molecule has 0 atom stereocenters. The van der Waals surface area contributed by atoms with Crippen molar-refractivity contribution >= 4 is 15.9 Å². The topological polar surface area (TPSA) is 95.5 Å². The summed E-state index contributed by atoms with van der Waals surface area (Å²) >= 11 is 0. The van der Waals surface area contributed by atoms with E-state index in [1.807, 2.05) is 0 Å². The number of rotatable bonds is 5. The van der Waals surface area contributed by atoms with E-state index < -0.39 is 10.0 Å². The third-order valence-corrected chi connectivity index (χ3v) is 6.63. The molecule has 0 unspecified atom stereocenters. The van der Waals surface area contributed by atoms with E-state index in [0.717, 1.165) is 38.5 Å². The van der Waals surface area contributed by atoms with E-state index in [1.54, 1.807) is 12.1 Å². The minimum Gasteiger partial charge on any atom is -0.393 e. The molecule has 2 saturated carbocycles. The Labute approximate surface area is 149 Å². The van der Waals surface area contributed by atoms with Crippen LogP contribution in [0.2, 0.25) is 0 Å². The third kappa shape index (κ3) is 4.80. The number of nitrogens with one attached hydrogen (secondary N) is 2. The van der Waals surface area contributed by atoms with Crippen LogP contribution in [0.15, 0.2) is 29.2 Å². The van der Waals surface area contributed by atoms with Crippen LogP contribution in [-0.4, -0.2) is 37.6 Å². The van der Waals surface area contributed by atoms with E-state index in [-0.39, 0.29) is 29.0 Å². The molecule has 0 radical (unpaired) electrons. The Morgan fingerprint density at radius 1 is 1.00 bits per heavy atom. The number of aliphatic hydroxyl groups is 1. The Morgan fingerprint density at radius 2 is 1.68 bits per heavy atom. The van der Waals surface area contributed by atoms with E-state index in [1.165, 1.54) is 12.1 Å². The molecule has 2 fully saturated rings. The van der Waals surface area contributed by atoms with Gasteiger partial charge in [-0.1, -0.05) is 18.9 Å². The van der Waals surface area contributed by atoms with Crippen molar-refractivity contribution in [2.24, 2.45) is 0 Å². The molecular weight excluding hydrogens is 340 g/mol. The van der Waals surface area contributed by atoms with Crippen LogP contribution in [0, 0.1) is 0 Å². The first-order chi connectivity index (χ1) is 11.9. The maximum absolute atomic E-state index is 12.5. The van der Waals surface area contributed by atoms with E-state index in [0.29, 0.717) is 18.4 Å². The van der Waals surface area contributed by atoms with Gasteiger partial charge in [0, 0.05) is 17.6 Å². The van der Waals surface area contributed by atoms with Gasteiger partial charge in [-0.05, 0) is 56.7 Å². The maximum atomic E-state index is 12.5. The summed E-state index contributed by atoms with van der Waals surface area (Å²) in [7, 11) is -3.60. The summed E-state index contributed by atoms with van der Waals surface area (Å²) in [6.07, 6.45) is 6.41. The fourth-order valence-electron chi connectivity index (χ4n) is 3.62. The molecule has 1 aromatic rings. The summed E-state index contributed by atoms with van der Waals surface area (Å²) in [5.74, 6) is -0.265. The summed E-state index contributed by atoms with van der Waals surface area (Å²) < 4.78 is 27.8. The largest absolute Gasteiger partial charge is 0.393 e. The Morgan fingerprint density at radius 3 is 2.36 bits per heavy atom. The molecule has 0 bridgehead atoms. The zero-order valence-electron chi connectivity index (χ0n) is 14.3. The van der Waals surface area contributed by atoms with Gasteiger partial charge in [-0.25, -0.2) is 13.1 Å². The van der Waals surface area contributed by atoms with Gasteiger partial charge in [-0.2, -0.15) is 0 Å². The van der Waals surface area contributed by atoms with Crippen molar-refractivity contribution in [3.05, 3.63) is 29.8 Å². The number of amides is 1. The van der Waals surface area contributed by atoms with Gasteiger partial charge >= 0.3 is 0 Å². The van der Waals surface area contributed by atoms with Gasteiger partial charge in [0.25, 0.3) is 5.91 Å². The van der Waals surface area contributed by atoms with Crippen molar-refractivity contribution in [3.63, 3.8) is 0 Å². The number of benzene rings is 1. The smallest absolute Gasteiger partial charge is 0.251 e. The monoisotopic (exact) mass is 366 g/mol. The second-order valence-corrected chi connectivity index (χ2v) is 8.82. The van der Waals surface area contributed by atoms with E-state index in [9.17, 15) is 18.3 Å². The standard InChI is InChI=1S/C18H26N2O4S/c21-16-10-8-14(9-11-16)19-18(22)13-4-3-7-17(12-13)25(23,24)20-15-5-1-2-6-15/h3-4,7,12,14-16,20-21H,1-2,5-6,8-11H2,(H,19,22). The maximum Gasteiger partial charge on any atom is 0.251 e. The van der Waals surface area contributed by atoms with Gasteiger partial charge in [0.15, 0.2) is 0 Å². The number of hydrogen-bond donors (Lipinski definition) is 3. The summed E-state index contributed by atoms with van der Waals surface area (Å²) in [5.41, 5.74) is 0.348. The number of carbonyl (C=O) groups excluding carboxylic acids is 1. The van der Waals surface area contributed by atoms with Crippen LogP contribution in [0.5, 0.6) is 0 Å².